The van der Waals surface area contributed by atoms with Gasteiger partial charge in [-0.2, -0.15) is 0 Å². The molecule has 3 nitrogen and oxygen atoms in total. The quantitative estimate of drug-likeness (QED) is 0.672. The molecule has 4 heteroatoms. The molecule has 1 aromatic heterocycles. The van der Waals surface area contributed by atoms with Crippen LogP contribution in [-0.2, 0) is 0 Å². The molecule has 1 aromatic carbocycles. The van der Waals surface area contributed by atoms with Gasteiger partial charge in [-0.3, -0.25) is 4.79 Å². The molecule has 2 rings (SSSR count). The summed E-state index contributed by atoms with van der Waals surface area (Å²) in [4.78, 5) is 19.3. The zero-order valence-electron chi connectivity index (χ0n) is 12.1. The molecule has 0 fully saturated rings. The molecule has 0 aliphatic rings. The van der Waals surface area contributed by atoms with Gasteiger partial charge in [0.15, 0.2) is 5.16 Å². The van der Waals surface area contributed by atoms with Crippen LogP contribution in [0.25, 0.3) is 0 Å². The smallest absolute Gasteiger partial charge is 0.251 e. The minimum Gasteiger partial charge on any atom is -0.301 e. The van der Waals surface area contributed by atoms with Gasteiger partial charge in [-0.15, -0.1) is 0 Å². The van der Waals surface area contributed by atoms with Crippen LogP contribution in [-0.4, -0.2) is 15.2 Å². The third-order valence-corrected chi connectivity index (χ3v) is 3.94. The number of thioether (sulfide) groups is 1. The van der Waals surface area contributed by atoms with E-state index in [-0.39, 0.29) is 11.5 Å². The predicted octanol–water partition coefficient (Wildman–Crippen LogP) is 3.81. The Hall–Kier alpha value is -1.55. The Balaban J connectivity index is 2.39. The molecule has 1 unspecified atom stereocenters. The van der Waals surface area contributed by atoms with Crippen molar-refractivity contribution in [3.63, 3.8) is 0 Å². The Morgan fingerprint density at radius 3 is 2.55 bits per heavy atom. The van der Waals surface area contributed by atoms with Gasteiger partial charge in [0.25, 0.3) is 5.56 Å². The maximum Gasteiger partial charge on any atom is 0.251 e. The summed E-state index contributed by atoms with van der Waals surface area (Å²) in [5, 5.41) is 1.10. The van der Waals surface area contributed by atoms with Crippen molar-refractivity contribution in [1.29, 1.82) is 0 Å². The fourth-order valence-electron chi connectivity index (χ4n) is 2.21. The molecule has 0 spiro atoms. The molecule has 2 aromatic rings. The highest BCUT2D eigenvalue weighted by atomic mass is 32.2. The van der Waals surface area contributed by atoms with Crippen LogP contribution in [0.3, 0.4) is 0 Å². The van der Waals surface area contributed by atoms with Gasteiger partial charge in [0.1, 0.15) is 0 Å². The second-order valence-corrected chi connectivity index (χ2v) is 6.58. The van der Waals surface area contributed by atoms with E-state index in [1.807, 2.05) is 18.2 Å². The fraction of sp³-hybridized carbons (Fsp3) is 0.375. The lowest BCUT2D eigenvalue weighted by atomic mass is 9.93. The van der Waals surface area contributed by atoms with E-state index in [1.165, 1.54) is 5.56 Å². The zero-order valence-corrected chi connectivity index (χ0v) is 12.9. The van der Waals surface area contributed by atoms with Crippen LogP contribution in [0.2, 0.25) is 0 Å². The van der Waals surface area contributed by atoms with Crippen LogP contribution in [0.1, 0.15) is 44.4 Å². The molecule has 0 aliphatic heterocycles. The van der Waals surface area contributed by atoms with Crippen molar-refractivity contribution in [2.75, 3.05) is 0 Å². The largest absolute Gasteiger partial charge is 0.301 e. The van der Waals surface area contributed by atoms with Gasteiger partial charge >= 0.3 is 0 Å². The number of hydrogen-bond acceptors (Lipinski definition) is 3. The number of benzene rings is 1. The summed E-state index contributed by atoms with van der Waals surface area (Å²) in [5.41, 5.74) is 1.98. The van der Waals surface area contributed by atoms with Crippen LogP contribution in [0.15, 0.2) is 46.3 Å². The number of aromatic amines is 1. The molecule has 0 saturated carbocycles. The molecule has 0 radical (unpaired) electrons. The SMILES string of the molecule is CCC(c1ccccc1)c1cc(=O)[nH]c(SC(C)C)n1. The molecule has 0 amide bonds. The average Bonchev–Trinajstić information content (AvgIpc) is 2.39. The number of hydrogen-bond donors (Lipinski definition) is 1. The van der Waals surface area contributed by atoms with Crippen molar-refractivity contribution >= 4 is 11.8 Å². The first kappa shape index (κ1) is 14.9. The normalized spacial score (nSPS) is 12.6. The van der Waals surface area contributed by atoms with Gasteiger partial charge in [0, 0.05) is 17.2 Å². The second kappa shape index (κ2) is 6.75. The minimum atomic E-state index is -0.0764. The van der Waals surface area contributed by atoms with Crippen molar-refractivity contribution < 1.29 is 0 Å². The van der Waals surface area contributed by atoms with Crippen molar-refractivity contribution in [2.24, 2.45) is 0 Å². The lowest BCUT2D eigenvalue weighted by Crippen LogP contribution is -2.14. The Kier molecular flexibility index (Phi) is 5.01. The zero-order chi connectivity index (χ0) is 14.5. The Labute approximate surface area is 123 Å². The molecule has 1 atom stereocenters. The summed E-state index contributed by atoms with van der Waals surface area (Å²) in [6.07, 6.45) is 0.923. The van der Waals surface area contributed by atoms with Gasteiger partial charge in [-0.1, -0.05) is 62.9 Å². The predicted molar refractivity (Wildman–Crippen MR) is 84.4 cm³/mol. The number of H-pyrrole nitrogens is 1. The standard InChI is InChI=1S/C16H20N2OS/c1-4-13(12-8-6-5-7-9-12)14-10-15(19)18-16(17-14)20-11(2)3/h5-11,13H,4H2,1-3H3,(H,17,18,19). The van der Waals surface area contributed by atoms with Crippen molar-refractivity contribution in [3.05, 3.63) is 58.0 Å². The van der Waals surface area contributed by atoms with Crippen LogP contribution >= 0.6 is 11.8 Å². The third-order valence-electron chi connectivity index (χ3n) is 3.05. The minimum absolute atomic E-state index is 0.0764. The van der Waals surface area contributed by atoms with E-state index in [2.05, 4.69) is 42.9 Å². The molecule has 106 valence electrons. The summed E-state index contributed by atoms with van der Waals surface area (Å²) in [7, 11) is 0. The number of nitrogens with one attached hydrogen (secondary N) is 1. The van der Waals surface area contributed by atoms with E-state index >= 15 is 0 Å². The van der Waals surface area contributed by atoms with Crippen LogP contribution in [0.5, 0.6) is 0 Å². The number of nitrogens with zero attached hydrogens (tertiary/aromatic N) is 1. The monoisotopic (exact) mass is 288 g/mol. The summed E-state index contributed by atoms with van der Waals surface area (Å²) in [6, 6.07) is 11.8. The fourth-order valence-corrected chi connectivity index (χ4v) is 2.98. The van der Waals surface area contributed by atoms with Crippen LogP contribution < -0.4 is 5.56 Å². The summed E-state index contributed by atoms with van der Waals surface area (Å²) >= 11 is 1.58. The van der Waals surface area contributed by atoms with Crippen LogP contribution in [0, 0.1) is 0 Å². The van der Waals surface area contributed by atoms with Gasteiger partial charge in [0.2, 0.25) is 0 Å². The summed E-state index contributed by atoms with van der Waals surface area (Å²) in [5.74, 6) is 0.171. The molecular formula is C16H20N2OS. The van der Waals surface area contributed by atoms with E-state index < -0.39 is 0 Å². The molecule has 20 heavy (non-hydrogen) atoms. The highest BCUT2D eigenvalue weighted by Crippen LogP contribution is 2.27. The highest BCUT2D eigenvalue weighted by Gasteiger charge is 2.15. The lowest BCUT2D eigenvalue weighted by Gasteiger charge is -2.15. The first-order valence-electron chi connectivity index (χ1n) is 6.93. The summed E-state index contributed by atoms with van der Waals surface area (Å²) < 4.78 is 0. The average molecular weight is 288 g/mol. The van der Waals surface area contributed by atoms with Gasteiger partial charge in [-0.25, -0.2) is 4.98 Å². The molecule has 0 aliphatic carbocycles. The maximum absolute atomic E-state index is 11.8. The van der Waals surface area contributed by atoms with E-state index in [4.69, 9.17) is 0 Å². The Bertz CT molecular complexity index is 607. The van der Waals surface area contributed by atoms with Crippen molar-refractivity contribution in [3.8, 4) is 0 Å². The van der Waals surface area contributed by atoms with Gasteiger partial charge in [0.05, 0.1) is 5.69 Å². The first-order valence-corrected chi connectivity index (χ1v) is 7.81. The third kappa shape index (κ3) is 3.73. The topological polar surface area (TPSA) is 45.8 Å². The molecule has 1 N–H and O–H groups in total. The van der Waals surface area contributed by atoms with Crippen molar-refractivity contribution in [2.45, 2.75) is 43.5 Å². The molecule has 0 saturated heterocycles. The van der Waals surface area contributed by atoms with Gasteiger partial charge < -0.3 is 4.98 Å². The van der Waals surface area contributed by atoms with Gasteiger partial charge in [-0.05, 0) is 12.0 Å². The van der Waals surface area contributed by atoms with E-state index in [0.717, 1.165) is 12.1 Å². The lowest BCUT2D eigenvalue weighted by molar-refractivity contribution is 0.719. The van der Waals surface area contributed by atoms with Crippen molar-refractivity contribution in [1.82, 2.24) is 9.97 Å². The number of rotatable bonds is 5. The summed E-state index contributed by atoms with van der Waals surface area (Å²) in [6.45, 7) is 6.30. The second-order valence-electron chi connectivity index (χ2n) is 5.01. The maximum atomic E-state index is 11.8. The highest BCUT2D eigenvalue weighted by molar-refractivity contribution is 7.99. The number of aromatic nitrogens is 2. The molecular weight excluding hydrogens is 268 g/mol. The van der Waals surface area contributed by atoms with E-state index in [0.29, 0.717) is 10.4 Å². The van der Waals surface area contributed by atoms with E-state index in [9.17, 15) is 4.79 Å². The Morgan fingerprint density at radius 1 is 1.25 bits per heavy atom. The van der Waals surface area contributed by atoms with Crippen LogP contribution in [0.4, 0.5) is 0 Å². The first-order chi connectivity index (χ1) is 9.60. The van der Waals surface area contributed by atoms with E-state index in [1.54, 1.807) is 17.8 Å². The molecule has 0 bridgehead atoms. The molecule has 1 heterocycles. The Morgan fingerprint density at radius 2 is 1.95 bits per heavy atom.